The number of piperidine rings is 1. The molecule has 0 radical (unpaired) electrons. The van der Waals surface area contributed by atoms with Gasteiger partial charge in [0.1, 0.15) is 65.6 Å². The summed E-state index contributed by atoms with van der Waals surface area (Å²) in [5, 5.41) is 22.6. The number of hydrogen-bond acceptors (Lipinski definition) is 20. The molecule has 7 aromatic carbocycles. The van der Waals surface area contributed by atoms with Crippen LogP contribution >= 0.6 is 34.0 Å². The Labute approximate surface area is 728 Å². The maximum absolute atomic E-state index is 13.7. The fraction of sp³-hybridized carbons (Fsp3) is 0.209. The first kappa shape index (κ1) is 80.3. The summed E-state index contributed by atoms with van der Waals surface area (Å²) in [5.74, 6) is -0.327. The number of likely N-dealkylation sites (tertiary alicyclic amines) is 1. The van der Waals surface area contributed by atoms with Crippen molar-refractivity contribution in [3.8, 4) is 0 Å². The number of amides is 9. The molecule has 35 heteroatoms. The van der Waals surface area contributed by atoms with Crippen molar-refractivity contribution < 1.29 is 51.4 Å². The molecule has 3 saturated heterocycles. The van der Waals surface area contributed by atoms with Gasteiger partial charge >= 0.3 is 18.1 Å². The van der Waals surface area contributed by atoms with Crippen molar-refractivity contribution in [2.45, 2.75) is 38.5 Å². The van der Waals surface area contributed by atoms with Crippen molar-refractivity contribution in [3.63, 3.8) is 0 Å². The Morgan fingerprint density at radius 2 is 0.833 bits per heavy atom. The van der Waals surface area contributed by atoms with Gasteiger partial charge in [0.25, 0.3) is 17.7 Å². The number of carbonyl (C=O) groups is 6. The van der Waals surface area contributed by atoms with E-state index in [2.05, 4.69) is 83.6 Å². The minimum absolute atomic E-state index is 0.0994. The van der Waals surface area contributed by atoms with Crippen LogP contribution in [0.15, 0.2) is 207 Å². The highest BCUT2D eigenvalue weighted by Crippen LogP contribution is 2.49. The Kier molecular flexibility index (Phi) is 21.8. The molecule has 634 valence electrons. The third-order valence-corrected chi connectivity index (χ3v) is 26.4. The van der Waals surface area contributed by atoms with Gasteiger partial charge in [-0.3, -0.25) is 19.3 Å². The Hall–Kier alpha value is -14.1. The van der Waals surface area contributed by atoms with Gasteiger partial charge in [-0.1, -0.05) is 36.4 Å². The molecule has 29 nitrogen and oxygen atoms in total. The number of carbonyl (C=O) groups excluding carboxylic acids is 6. The fourth-order valence-electron chi connectivity index (χ4n) is 16.9. The molecule has 0 atom stereocenters. The number of halogens is 3. The summed E-state index contributed by atoms with van der Waals surface area (Å²) >= 11 is 3.70. The van der Waals surface area contributed by atoms with E-state index in [9.17, 15) is 41.9 Å². The average Bonchev–Trinajstić information content (AvgIpc) is 1.65. The van der Waals surface area contributed by atoms with E-state index in [1.807, 2.05) is 148 Å². The molecule has 0 aliphatic carbocycles. The second-order valence-corrected chi connectivity index (χ2v) is 34.2. The Bertz CT molecular complexity index is 6990. The lowest BCUT2D eigenvalue weighted by atomic mass is 10.1. The predicted octanol–water partition coefficient (Wildman–Crippen LogP) is 16.5. The van der Waals surface area contributed by atoms with Crippen molar-refractivity contribution in [2.75, 3.05) is 127 Å². The van der Waals surface area contributed by atoms with Crippen molar-refractivity contribution in [1.82, 2.24) is 64.0 Å². The Morgan fingerprint density at radius 1 is 0.444 bits per heavy atom. The van der Waals surface area contributed by atoms with E-state index in [1.54, 1.807) is 18.2 Å². The Balaban J connectivity index is 0.000000119. The van der Waals surface area contributed by atoms with Gasteiger partial charge in [0.05, 0.1) is 76.7 Å². The minimum Gasteiger partial charge on any atom is -0.379 e. The second-order valence-electron chi connectivity index (χ2n) is 31.2. The number of aromatic nitrogens is 9. The summed E-state index contributed by atoms with van der Waals surface area (Å²) in [7, 11) is 2.08. The summed E-state index contributed by atoms with van der Waals surface area (Å²) in [6, 6.07) is 49.2. The first-order valence-electron chi connectivity index (χ1n) is 41.0. The molecule has 22 rings (SSSR count). The Morgan fingerprint density at radius 3 is 1.25 bits per heavy atom. The summed E-state index contributed by atoms with van der Waals surface area (Å²) < 4.78 is 58.0. The van der Waals surface area contributed by atoms with Crippen LogP contribution in [0.3, 0.4) is 0 Å². The normalized spacial score (nSPS) is 15.3. The van der Waals surface area contributed by atoms with Crippen molar-refractivity contribution in [2.24, 2.45) is 0 Å². The molecule has 9 amide bonds. The number of thiophene rings is 3. The molecule has 126 heavy (non-hydrogen) atoms. The SMILES string of the molecule is CN1CCC(NC(=O)c2sc3ncnc4c3c2NC(=O)N4c2ccc3c(ccn3Cc3cccc(F)c3)c2)CC1.O=C(NCCN1CCOCC1)c1sc2ncnc3c2c1NC(=O)N3c1ccc2c(ccn2Cc2cccc(F)c2)c1.O=C(Nc1ccc(N2CCOCC2)cc1)c1sc2ncnc3c2c1NC(=O)N3c1ccc2c(ccn2Cc2cccc(F)c2)c1. The van der Waals surface area contributed by atoms with Gasteiger partial charge in [0.15, 0.2) is 17.5 Å². The largest absolute Gasteiger partial charge is 0.379 e. The smallest absolute Gasteiger partial charge is 0.332 e. The van der Waals surface area contributed by atoms with Crippen LogP contribution in [-0.2, 0) is 29.1 Å². The van der Waals surface area contributed by atoms with E-state index >= 15 is 0 Å². The molecule has 16 aromatic rings. The first-order chi connectivity index (χ1) is 61.5. The zero-order valence-corrected chi connectivity index (χ0v) is 70.0. The molecule has 6 N–H and O–H groups in total. The van der Waals surface area contributed by atoms with E-state index in [1.165, 1.54) is 104 Å². The number of ether oxygens (including phenoxy) is 2. The van der Waals surface area contributed by atoms with Crippen LogP contribution in [0, 0.1) is 17.5 Å². The third kappa shape index (κ3) is 16.0. The van der Waals surface area contributed by atoms with Crippen molar-refractivity contribution in [1.29, 1.82) is 0 Å². The zero-order chi connectivity index (χ0) is 85.8. The van der Waals surface area contributed by atoms with E-state index in [-0.39, 0.29) is 41.2 Å². The van der Waals surface area contributed by atoms with Crippen LogP contribution in [-0.4, -0.2) is 181 Å². The highest BCUT2D eigenvalue weighted by Gasteiger charge is 2.39. The number of morpholine rings is 2. The van der Waals surface area contributed by atoms with Crippen LogP contribution in [0.1, 0.15) is 58.5 Å². The number of anilines is 11. The molecule has 3 fully saturated rings. The number of nitrogens with one attached hydrogen (secondary N) is 6. The number of nitrogens with zero attached hydrogens (tertiary/aromatic N) is 15. The summed E-state index contributed by atoms with van der Waals surface area (Å²) in [6.07, 6.45) is 11.9. The number of rotatable bonds is 18. The minimum atomic E-state index is -0.427. The highest BCUT2D eigenvalue weighted by molar-refractivity contribution is 7.22. The lowest BCUT2D eigenvalue weighted by molar-refractivity contribution is 0.0383. The van der Waals surface area contributed by atoms with Gasteiger partial charge in [0.2, 0.25) is 0 Å². The fourth-order valence-corrected chi connectivity index (χ4v) is 19.9. The number of hydrogen-bond donors (Lipinski definition) is 6. The molecule has 0 spiro atoms. The molecule has 9 aromatic heterocycles. The molecule has 15 heterocycles. The van der Waals surface area contributed by atoms with Crippen molar-refractivity contribution in [3.05, 3.63) is 256 Å². The standard InChI is InChI=1S/C33H26FN7O3S.C29H26FN7O3S.C29H26FN7O2S/c34-22-3-1-2-20(16-22)18-40-11-10-21-17-25(8-9-26(21)40)41-30-27-28(38-33(41)43)29(45-32(27)36-19-35-30)31(42)37-23-4-6-24(7-5-23)39-12-14-44-15-13-39;30-20-3-1-2-18(14-20)16-36-8-6-19-15-21(4-5-22(19)36)37-26-23-24(34-29(37)39)25(41-28(23)33-17-32-26)27(38)31-7-9-35-10-12-40-13-11-35;1-35-10-8-20(9-11-35)33-27(38)25-24-23-26(31-16-32-28(23)40-25)37(29(39)34-24)21-5-6-22-18(14-21)7-12-36(22)15-17-3-2-4-19(30)13-17/h1-11,16-17,19H,12-15,18H2,(H,37,42)(H,38,43);1-6,8,14-15,17H,7,9-13,16H2,(H,31,38)(H,34,39);2-7,12-14,16,20H,8-11,15H2,1H3,(H,33,38)(H,34,39). The maximum atomic E-state index is 13.7. The number of fused-ring (bicyclic) bond motifs is 3. The van der Waals surface area contributed by atoms with E-state index in [0.29, 0.717) is 155 Å². The van der Waals surface area contributed by atoms with Crippen LogP contribution in [0.5, 0.6) is 0 Å². The average molecular weight is 1750 g/mol. The topological polar surface area (TPSA) is 305 Å². The van der Waals surface area contributed by atoms with Crippen LogP contribution < -0.4 is 51.5 Å². The molecular formula is C91H78F3N21O8S3. The van der Waals surface area contributed by atoms with Gasteiger partial charge in [-0.25, -0.2) is 72.2 Å². The van der Waals surface area contributed by atoms with Gasteiger partial charge in [-0.05, 0) is 183 Å². The summed E-state index contributed by atoms with van der Waals surface area (Å²) in [5.41, 5.74) is 10.3. The van der Waals surface area contributed by atoms with Gasteiger partial charge in [-0.2, -0.15) is 0 Å². The summed E-state index contributed by atoms with van der Waals surface area (Å²) in [6.45, 7) is 10.8. The van der Waals surface area contributed by atoms with Gasteiger partial charge < -0.3 is 64.9 Å². The first-order valence-corrected chi connectivity index (χ1v) is 43.4. The lowest BCUT2D eigenvalue weighted by Gasteiger charge is -2.29. The highest BCUT2D eigenvalue weighted by atomic mass is 32.1. The third-order valence-electron chi connectivity index (χ3n) is 23.1. The van der Waals surface area contributed by atoms with E-state index in [4.69, 9.17) is 9.47 Å². The van der Waals surface area contributed by atoms with E-state index < -0.39 is 18.1 Å². The number of urea groups is 3. The van der Waals surface area contributed by atoms with Crippen LogP contribution in [0.25, 0.3) is 63.4 Å². The molecule has 6 aliphatic rings. The zero-order valence-electron chi connectivity index (χ0n) is 67.6. The van der Waals surface area contributed by atoms with Crippen LogP contribution in [0.4, 0.5) is 90.5 Å². The van der Waals surface area contributed by atoms with Gasteiger partial charge in [0, 0.05) is 128 Å². The number of benzene rings is 7. The van der Waals surface area contributed by atoms with Gasteiger partial charge in [-0.15, -0.1) is 34.0 Å². The quantitative estimate of drug-likeness (QED) is 0.0465. The monoisotopic (exact) mass is 1750 g/mol. The molecular weight excluding hydrogens is 1670 g/mol. The van der Waals surface area contributed by atoms with Crippen molar-refractivity contribution >= 4 is 196 Å². The molecule has 0 unspecified atom stereocenters. The summed E-state index contributed by atoms with van der Waals surface area (Å²) in [4.78, 5) is 121. The van der Waals surface area contributed by atoms with Crippen LogP contribution in [0.2, 0.25) is 0 Å². The predicted molar refractivity (Wildman–Crippen MR) is 483 cm³/mol. The molecule has 0 saturated carbocycles. The maximum Gasteiger partial charge on any atom is 0.332 e. The second kappa shape index (κ2) is 34.2. The lowest BCUT2D eigenvalue weighted by Crippen LogP contribution is -2.43. The molecule has 6 aliphatic heterocycles. The van der Waals surface area contributed by atoms with E-state index in [0.717, 1.165) is 114 Å². The molecule has 0 bridgehead atoms.